The molecule has 0 radical (unpaired) electrons. The molecule has 1 aliphatic heterocycles. The summed E-state index contributed by atoms with van der Waals surface area (Å²) >= 11 is 0. The normalized spacial score (nSPS) is 18.2. The molecule has 2 aromatic rings. The molecule has 25 heavy (non-hydrogen) atoms. The minimum atomic E-state index is -3.32. The second-order valence-electron chi connectivity index (χ2n) is 5.88. The lowest BCUT2D eigenvalue weighted by Gasteiger charge is -2.11. The average molecular weight is 360 g/mol. The van der Waals surface area contributed by atoms with Gasteiger partial charge in [0.2, 0.25) is 0 Å². The van der Waals surface area contributed by atoms with Crippen molar-refractivity contribution in [3.8, 4) is 17.0 Å². The van der Waals surface area contributed by atoms with E-state index in [2.05, 4.69) is 10.3 Å². The highest BCUT2D eigenvalue weighted by Gasteiger charge is 2.25. The number of amides is 1. The number of carbonyl (C=O) groups excluding carboxylic acids is 1. The smallest absolute Gasteiger partial charge is 0.261 e. The SMILES string of the molecule is Cc1cccc(-c2[nH]c(=O)c(C(=O)N[C@@H]3C=CS(=O)(=O)C3)cc2O)c1. The standard InChI is InChI=1S/C17H16N2O5S/c1-10-3-2-4-11(7-10)15-14(20)8-13(17(22)19-15)16(21)18-12-5-6-25(23,24)9-12/h2-8,12,20H,9H2,1H3,(H,18,21)(H,19,22)/t12-/m1/s1. The van der Waals surface area contributed by atoms with E-state index < -0.39 is 27.3 Å². The fraction of sp³-hybridized carbons (Fsp3) is 0.176. The highest BCUT2D eigenvalue weighted by molar-refractivity contribution is 7.94. The van der Waals surface area contributed by atoms with Gasteiger partial charge in [0.1, 0.15) is 11.3 Å². The molecule has 1 aromatic heterocycles. The van der Waals surface area contributed by atoms with Gasteiger partial charge in [-0.2, -0.15) is 0 Å². The molecule has 0 saturated carbocycles. The summed E-state index contributed by atoms with van der Waals surface area (Å²) in [6.45, 7) is 1.88. The van der Waals surface area contributed by atoms with Crippen molar-refractivity contribution < 1.29 is 18.3 Å². The molecule has 2 heterocycles. The summed E-state index contributed by atoms with van der Waals surface area (Å²) in [6.07, 6.45) is 1.35. The van der Waals surface area contributed by atoms with Crippen LogP contribution in [0, 0.1) is 6.92 Å². The van der Waals surface area contributed by atoms with Gasteiger partial charge in [-0.25, -0.2) is 8.42 Å². The Kier molecular flexibility index (Phi) is 4.22. The number of sulfone groups is 1. The summed E-state index contributed by atoms with van der Waals surface area (Å²) in [7, 11) is -3.32. The van der Waals surface area contributed by atoms with E-state index in [0.717, 1.165) is 17.0 Å². The van der Waals surface area contributed by atoms with Crippen LogP contribution in [-0.4, -0.2) is 36.2 Å². The minimum Gasteiger partial charge on any atom is -0.506 e. The van der Waals surface area contributed by atoms with E-state index >= 15 is 0 Å². The number of nitrogens with one attached hydrogen (secondary N) is 2. The fourth-order valence-corrected chi connectivity index (χ4v) is 3.86. The number of aromatic nitrogens is 1. The molecule has 3 N–H and O–H groups in total. The van der Waals surface area contributed by atoms with Crippen LogP contribution < -0.4 is 10.9 Å². The first-order valence-corrected chi connectivity index (χ1v) is 9.22. The molecule has 0 aliphatic carbocycles. The van der Waals surface area contributed by atoms with Gasteiger partial charge >= 0.3 is 0 Å². The van der Waals surface area contributed by atoms with Gasteiger partial charge in [0.15, 0.2) is 9.84 Å². The fourth-order valence-electron chi connectivity index (χ4n) is 2.62. The van der Waals surface area contributed by atoms with E-state index in [9.17, 15) is 23.1 Å². The summed E-state index contributed by atoms with van der Waals surface area (Å²) in [5, 5.41) is 13.7. The molecule has 1 atom stereocenters. The zero-order chi connectivity index (χ0) is 18.2. The highest BCUT2D eigenvalue weighted by atomic mass is 32.2. The molecule has 7 nitrogen and oxygen atoms in total. The van der Waals surface area contributed by atoms with Gasteiger partial charge in [-0.05, 0) is 19.1 Å². The first-order chi connectivity index (χ1) is 11.7. The highest BCUT2D eigenvalue weighted by Crippen LogP contribution is 2.26. The van der Waals surface area contributed by atoms with Crippen molar-refractivity contribution in [2.45, 2.75) is 13.0 Å². The van der Waals surface area contributed by atoms with Crippen molar-refractivity contribution in [2.75, 3.05) is 5.75 Å². The maximum Gasteiger partial charge on any atom is 0.261 e. The maximum atomic E-state index is 12.2. The van der Waals surface area contributed by atoms with Crippen LogP contribution >= 0.6 is 0 Å². The van der Waals surface area contributed by atoms with Crippen LogP contribution in [0.2, 0.25) is 0 Å². The molecular formula is C17H16N2O5S. The molecule has 0 fully saturated rings. The van der Waals surface area contributed by atoms with Crippen LogP contribution in [-0.2, 0) is 9.84 Å². The molecule has 8 heteroatoms. The second-order valence-corrected chi connectivity index (χ2v) is 7.81. The quantitative estimate of drug-likeness (QED) is 0.758. The topological polar surface area (TPSA) is 116 Å². The third-order valence-corrected chi connectivity index (χ3v) is 5.21. The monoisotopic (exact) mass is 360 g/mol. The third-order valence-electron chi connectivity index (χ3n) is 3.82. The first kappa shape index (κ1) is 17.0. The van der Waals surface area contributed by atoms with Gasteiger partial charge in [-0.1, -0.05) is 23.8 Å². The zero-order valence-corrected chi connectivity index (χ0v) is 14.1. The number of aromatic amines is 1. The molecule has 130 valence electrons. The Morgan fingerprint density at radius 1 is 1.32 bits per heavy atom. The number of pyridine rings is 1. The van der Waals surface area contributed by atoms with Gasteiger partial charge in [0, 0.05) is 17.0 Å². The van der Waals surface area contributed by atoms with E-state index in [1.54, 1.807) is 18.2 Å². The van der Waals surface area contributed by atoms with Crippen molar-refractivity contribution in [3.05, 3.63) is 63.3 Å². The third kappa shape index (κ3) is 3.63. The Hall–Kier alpha value is -2.87. The molecule has 0 spiro atoms. The summed E-state index contributed by atoms with van der Waals surface area (Å²) in [6, 6.07) is 7.57. The summed E-state index contributed by atoms with van der Waals surface area (Å²) < 4.78 is 22.7. The average Bonchev–Trinajstić information content (AvgIpc) is 2.87. The van der Waals surface area contributed by atoms with Crippen molar-refractivity contribution >= 4 is 15.7 Å². The van der Waals surface area contributed by atoms with Crippen LogP contribution in [0.3, 0.4) is 0 Å². The molecule has 3 rings (SSSR count). The number of rotatable bonds is 3. The van der Waals surface area contributed by atoms with Crippen LogP contribution in [0.4, 0.5) is 0 Å². The summed E-state index contributed by atoms with van der Waals surface area (Å²) in [5.74, 6) is -1.24. The van der Waals surface area contributed by atoms with Gasteiger partial charge in [-0.15, -0.1) is 0 Å². The Bertz CT molecular complexity index is 1040. The Balaban J connectivity index is 1.89. The van der Waals surface area contributed by atoms with E-state index in [1.807, 2.05) is 13.0 Å². The van der Waals surface area contributed by atoms with Crippen LogP contribution in [0.15, 0.2) is 46.6 Å². The summed E-state index contributed by atoms with van der Waals surface area (Å²) in [4.78, 5) is 27.0. The molecule has 1 aromatic carbocycles. The predicted molar refractivity (Wildman–Crippen MR) is 93.1 cm³/mol. The van der Waals surface area contributed by atoms with Gasteiger partial charge < -0.3 is 15.4 Å². The molecule has 0 bridgehead atoms. The largest absolute Gasteiger partial charge is 0.506 e. The maximum absolute atomic E-state index is 12.2. The molecular weight excluding hydrogens is 344 g/mol. The van der Waals surface area contributed by atoms with Crippen LogP contribution in [0.5, 0.6) is 5.75 Å². The lowest BCUT2D eigenvalue weighted by atomic mass is 10.1. The Morgan fingerprint density at radius 3 is 2.72 bits per heavy atom. The number of carbonyl (C=O) groups is 1. The van der Waals surface area contributed by atoms with E-state index in [4.69, 9.17) is 0 Å². The Labute approximate surface area is 143 Å². The Morgan fingerprint density at radius 2 is 2.08 bits per heavy atom. The van der Waals surface area contributed by atoms with E-state index in [-0.39, 0.29) is 22.8 Å². The van der Waals surface area contributed by atoms with Crippen molar-refractivity contribution in [2.24, 2.45) is 0 Å². The van der Waals surface area contributed by atoms with Crippen LogP contribution in [0.1, 0.15) is 15.9 Å². The first-order valence-electron chi connectivity index (χ1n) is 7.50. The number of benzene rings is 1. The second kappa shape index (κ2) is 6.21. The van der Waals surface area contributed by atoms with Crippen molar-refractivity contribution in [1.82, 2.24) is 10.3 Å². The lowest BCUT2D eigenvalue weighted by Crippen LogP contribution is -2.38. The van der Waals surface area contributed by atoms with Gasteiger partial charge in [-0.3, -0.25) is 9.59 Å². The molecule has 1 amide bonds. The van der Waals surface area contributed by atoms with Gasteiger partial charge in [0.05, 0.1) is 17.5 Å². The van der Waals surface area contributed by atoms with Crippen LogP contribution in [0.25, 0.3) is 11.3 Å². The number of aromatic hydroxyl groups is 1. The number of H-pyrrole nitrogens is 1. The van der Waals surface area contributed by atoms with Gasteiger partial charge in [0.25, 0.3) is 11.5 Å². The number of hydrogen-bond acceptors (Lipinski definition) is 5. The number of hydrogen-bond donors (Lipinski definition) is 3. The van der Waals surface area contributed by atoms with Crippen molar-refractivity contribution in [3.63, 3.8) is 0 Å². The summed E-state index contributed by atoms with van der Waals surface area (Å²) in [5.41, 5.74) is 0.831. The minimum absolute atomic E-state index is 0.216. The molecule has 1 aliphatic rings. The van der Waals surface area contributed by atoms with Crippen molar-refractivity contribution in [1.29, 1.82) is 0 Å². The van der Waals surface area contributed by atoms with E-state index in [0.29, 0.717) is 5.56 Å². The number of aryl methyl sites for hydroxylation is 1. The molecule has 0 unspecified atom stereocenters. The lowest BCUT2D eigenvalue weighted by molar-refractivity contribution is 0.0945. The molecule has 0 saturated heterocycles. The zero-order valence-electron chi connectivity index (χ0n) is 13.3. The predicted octanol–water partition coefficient (Wildman–Crippen LogP) is 1.10. The van der Waals surface area contributed by atoms with E-state index in [1.165, 1.54) is 6.08 Å².